The topological polar surface area (TPSA) is 74.6 Å². The highest BCUT2D eigenvalue weighted by Crippen LogP contribution is 2.13. The van der Waals surface area contributed by atoms with Crippen molar-refractivity contribution in [3.05, 3.63) is 12.2 Å². The van der Waals surface area contributed by atoms with Crippen molar-refractivity contribution >= 4 is 11.6 Å². The highest BCUT2D eigenvalue weighted by atomic mass is 16.5. The molecule has 1 aliphatic rings. The maximum absolute atomic E-state index is 10.5. The van der Waals surface area contributed by atoms with Gasteiger partial charge < -0.3 is 10.2 Å². The van der Waals surface area contributed by atoms with Crippen molar-refractivity contribution in [1.82, 2.24) is 0 Å². The van der Waals surface area contributed by atoms with Gasteiger partial charge in [-0.1, -0.05) is 0 Å². The molecule has 0 spiro atoms. The first-order valence-corrected chi connectivity index (χ1v) is 2.72. The van der Waals surface area contributed by atoms with Crippen LogP contribution in [0.5, 0.6) is 0 Å². The lowest BCUT2D eigenvalue weighted by molar-refractivity contribution is -0.182. The van der Waals surface area contributed by atoms with Crippen LogP contribution in [0, 0.1) is 0 Å². The molecule has 0 aromatic heterocycles. The summed E-state index contributed by atoms with van der Waals surface area (Å²) in [6.45, 7) is 0. The predicted octanol–water partition coefficient (Wildman–Crippen LogP) is -1.23. The lowest BCUT2D eigenvalue weighted by atomic mass is 9.99. The van der Waals surface area contributed by atoms with E-state index in [4.69, 9.17) is 10.2 Å². The molecule has 1 rings (SSSR count). The number of rotatable bonds is 0. The molecule has 54 valence electrons. The summed E-state index contributed by atoms with van der Waals surface area (Å²) in [4.78, 5) is 21.0. The smallest absolute Gasteiger partial charge is 0.235 e. The average Bonchev–Trinajstić information content (AvgIpc) is 1.78. The van der Waals surface area contributed by atoms with Crippen LogP contribution >= 0.6 is 0 Å². The molecule has 4 heteroatoms. The van der Waals surface area contributed by atoms with Crippen molar-refractivity contribution in [1.29, 1.82) is 0 Å². The maximum atomic E-state index is 10.5. The summed E-state index contributed by atoms with van der Waals surface area (Å²) in [7, 11) is 0. The molecule has 2 N–H and O–H groups in total. The fraction of sp³-hybridized carbons (Fsp3) is 0.333. The van der Waals surface area contributed by atoms with E-state index in [-0.39, 0.29) is 0 Å². The Labute approximate surface area is 56.8 Å². The van der Waals surface area contributed by atoms with Crippen LogP contribution in [0.15, 0.2) is 12.2 Å². The van der Waals surface area contributed by atoms with E-state index in [1.165, 1.54) is 0 Å². The molecule has 0 atom stereocenters. The Bertz CT molecular complexity index is 214. The van der Waals surface area contributed by atoms with Crippen molar-refractivity contribution in [2.24, 2.45) is 0 Å². The van der Waals surface area contributed by atoms with Gasteiger partial charge in [0, 0.05) is 0 Å². The molecule has 1 aliphatic carbocycles. The van der Waals surface area contributed by atoms with Gasteiger partial charge in [0.05, 0.1) is 6.42 Å². The van der Waals surface area contributed by atoms with Gasteiger partial charge in [0.1, 0.15) is 0 Å². The van der Waals surface area contributed by atoms with Crippen molar-refractivity contribution in [2.75, 3.05) is 0 Å². The normalized spacial score (nSPS) is 23.4. The Morgan fingerprint density at radius 1 is 1.30 bits per heavy atom. The van der Waals surface area contributed by atoms with Crippen LogP contribution in [0.4, 0.5) is 0 Å². The summed E-state index contributed by atoms with van der Waals surface area (Å²) < 4.78 is 0. The Morgan fingerprint density at radius 2 is 1.90 bits per heavy atom. The fourth-order valence-corrected chi connectivity index (χ4v) is 0.691. The number of hydrogen-bond donors (Lipinski definition) is 2. The largest absolute Gasteiger partial charge is 0.359 e. The van der Waals surface area contributed by atoms with Gasteiger partial charge in [-0.25, -0.2) is 0 Å². The summed E-state index contributed by atoms with van der Waals surface area (Å²) >= 11 is 0. The number of hydrogen-bond acceptors (Lipinski definition) is 4. The van der Waals surface area contributed by atoms with Gasteiger partial charge in [-0.3, -0.25) is 9.59 Å². The van der Waals surface area contributed by atoms with Crippen molar-refractivity contribution in [3.63, 3.8) is 0 Å². The van der Waals surface area contributed by atoms with E-state index in [1.807, 2.05) is 0 Å². The molecular weight excluding hydrogens is 136 g/mol. The van der Waals surface area contributed by atoms with Crippen LogP contribution < -0.4 is 0 Å². The third-order valence-corrected chi connectivity index (χ3v) is 1.24. The van der Waals surface area contributed by atoms with Crippen LogP contribution in [-0.2, 0) is 9.59 Å². The first-order valence-electron chi connectivity index (χ1n) is 2.72. The van der Waals surface area contributed by atoms with Crippen LogP contribution in [0.2, 0.25) is 0 Å². The van der Waals surface area contributed by atoms with E-state index in [1.54, 1.807) is 0 Å². The molecule has 0 radical (unpaired) electrons. The molecule has 0 heterocycles. The maximum Gasteiger partial charge on any atom is 0.235 e. The summed E-state index contributed by atoms with van der Waals surface area (Å²) in [5, 5.41) is 17.5. The van der Waals surface area contributed by atoms with Crippen LogP contribution in [0.25, 0.3) is 0 Å². The van der Waals surface area contributed by atoms with Gasteiger partial charge in [-0.05, 0) is 12.2 Å². The SMILES string of the molecule is O=C1C=CC(=O)C(O)(O)C1. The van der Waals surface area contributed by atoms with Gasteiger partial charge in [-0.15, -0.1) is 0 Å². The van der Waals surface area contributed by atoms with Gasteiger partial charge in [0.15, 0.2) is 5.78 Å². The summed E-state index contributed by atoms with van der Waals surface area (Å²) in [5.74, 6) is -3.76. The average molecular weight is 142 g/mol. The summed E-state index contributed by atoms with van der Waals surface area (Å²) in [6, 6.07) is 0. The van der Waals surface area contributed by atoms with E-state index in [2.05, 4.69) is 0 Å². The molecule has 0 unspecified atom stereocenters. The molecule has 10 heavy (non-hydrogen) atoms. The molecule has 0 bridgehead atoms. The summed E-state index contributed by atoms with van der Waals surface area (Å²) in [5.41, 5.74) is 0. The Kier molecular flexibility index (Phi) is 1.42. The quantitative estimate of drug-likeness (QED) is 0.415. The first-order chi connectivity index (χ1) is 4.52. The van der Waals surface area contributed by atoms with Gasteiger partial charge in [-0.2, -0.15) is 0 Å². The molecule has 0 amide bonds. The third-order valence-electron chi connectivity index (χ3n) is 1.24. The van der Waals surface area contributed by atoms with Crippen molar-refractivity contribution < 1.29 is 19.8 Å². The number of ketones is 2. The zero-order valence-corrected chi connectivity index (χ0v) is 5.07. The lowest BCUT2D eigenvalue weighted by Gasteiger charge is -2.19. The number of carbonyl (C=O) groups is 2. The van der Waals surface area contributed by atoms with E-state index >= 15 is 0 Å². The minimum atomic E-state index is -2.47. The molecule has 0 fully saturated rings. The zero-order chi connectivity index (χ0) is 7.78. The van der Waals surface area contributed by atoms with E-state index < -0.39 is 23.8 Å². The molecular formula is C6H6O4. The molecule has 4 nitrogen and oxygen atoms in total. The van der Waals surface area contributed by atoms with E-state index in [9.17, 15) is 9.59 Å². The Morgan fingerprint density at radius 3 is 2.30 bits per heavy atom. The van der Waals surface area contributed by atoms with E-state index in [0.29, 0.717) is 0 Å². The minimum Gasteiger partial charge on any atom is -0.359 e. The highest BCUT2D eigenvalue weighted by Gasteiger charge is 2.35. The standard InChI is InChI=1S/C6H6O4/c7-4-1-2-5(8)6(9,10)3-4/h1-2,9-10H,3H2. The molecule has 0 saturated carbocycles. The number of aliphatic hydroxyl groups is 2. The Balaban J connectivity index is 2.93. The molecule has 0 aromatic rings. The molecule has 0 saturated heterocycles. The Hall–Kier alpha value is -1.00. The second-order valence-corrected chi connectivity index (χ2v) is 2.16. The monoisotopic (exact) mass is 142 g/mol. The zero-order valence-electron chi connectivity index (χ0n) is 5.07. The van der Waals surface area contributed by atoms with Gasteiger partial charge in [0.2, 0.25) is 11.6 Å². The second-order valence-electron chi connectivity index (χ2n) is 2.16. The number of carbonyl (C=O) groups excluding carboxylic acids is 2. The summed E-state index contributed by atoms with van der Waals surface area (Å²) in [6.07, 6.45) is 1.36. The predicted molar refractivity (Wildman–Crippen MR) is 30.9 cm³/mol. The number of allylic oxidation sites excluding steroid dienone is 1. The lowest BCUT2D eigenvalue weighted by Crippen LogP contribution is -2.41. The third kappa shape index (κ3) is 1.12. The van der Waals surface area contributed by atoms with E-state index in [0.717, 1.165) is 12.2 Å². The van der Waals surface area contributed by atoms with Crippen LogP contribution in [0.3, 0.4) is 0 Å². The van der Waals surface area contributed by atoms with Crippen LogP contribution in [-0.4, -0.2) is 27.6 Å². The van der Waals surface area contributed by atoms with Crippen LogP contribution in [0.1, 0.15) is 6.42 Å². The van der Waals surface area contributed by atoms with Gasteiger partial charge in [0.25, 0.3) is 0 Å². The first kappa shape index (κ1) is 7.11. The minimum absolute atomic E-state index is 0.454. The molecule has 0 aliphatic heterocycles. The van der Waals surface area contributed by atoms with Gasteiger partial charge >= 0.3 is 0 Å². The molecule has 0 aromatic carbocycles. The highest BCUT2D eigenvalue weighted by molar-refractivity contribution is 6.08. The second kappa shape index (κ2) is 2.00. The fourth-order valence-electron chi connectivity index (χ4n) is 0.691. The van der Waals surface area contributed by atoms with Crippen molar-refractivity contribution in [3.8, 4) is 0 Å². The van der Waals surface area contributed by atoms with Crippen molar-refractivity contribution in [2.45, 2.75) is 12.2 Å².